The summed E-state index contributed by atoms with van der Waals surface area (Å²) < 4.78 is 5.38. The van der Waals surface area contributed by atoms with Crippen LogP contribution in [0.3, 0.4) is 0 Å². The van der Waals surface area contributed by atoms with E-state index in [-0.39, 0.29) is 12.0 Å². The molecule has 2 saturated carbocycles. The molecule has 0 aromatic rings. The maximum absolute atomic E-state index is 12.1. The van der Waals surface area contributed by atoms with E-state index in [1.807, 2.05) is 6.92 Å². The maximum atomic E-state index is 12.1. The Hall–Kier alpha value is -0.610. The van der Waals surface area contributed by atoms with Crippen molar-refractivity contribution in [2.75, 3.05) is 6.61 Å². The van der Waals surface area contributed by atoms with Gasteiger partial charge in [-0.25, -0.2) is 0 Å². The molecule has 2 fully saturated rings. The SMILES string of the molecule is CC(N)C(C)(C)C(=O)OCCC1(O)CC2CCCC(C2)C1. The number of carbonyl (C=O) groups is 1. The minimum atomic E-state index is -0.675. The molecule has 0 saturated heterocycles. The fraction of sp³-hybridized carbons (Fsp3) is 0.941. The molecule has 2 aliphatic rings. The molecule has 3 unspecified atom stereocenters. The van der Waals surface area contributed by atoms with Crippen LogP contribution < -0.4 is 5.73 Å². The van der Waals surface area contributed by atoms with E-state index in [4.69, 9.17) is 10.5 Å². The Labute approximate surface area is 128 Å². The second-order valence-electron chi connectivity index (χ2n) is 7.93. The van der Waals surface area contributed by atoms with E-state index in [0.717, 1.165) is 12.8 Å². The molecule has 4 nitrogen and oxygen atoms in total. The maximum Gasteiger partial charge on any atom is 0.313 e. The summed E-state index contributed by atoms with van der Waals surface area (Å²) in [5.74, 6) is 1.06. The minimum Gasteiger partial charge on any atom is -0.465 e. The van der Waals surface area contributed by atoms with Crippen molar-refractivity contribution in [2.45, 2.75) is 77.4 Å². The van der Waals surface area contributed by atoms with E-state index in [1.54, 1.807) is 13.8 Å². The summed E-state index contributed by atoms with van der Waals surface area (Å²) in [7, 11) is 0. The van der Waals surface area contributed by atoms with Crippen LogP contribution in [0, 0.1) is 17.3 Å². The number of rotatable bonds is 5. The van der Waals surface area contributed by atoms with Gasteiger partial charge in [0.2, 0.25) is 0 Å². The molecular formula is C17H31NO3. The van der Waals surface area contributed by atoms with Crippen molar-refractivity contribution >= 4 is 5.97 Å². The van der Waals surface area contributed by atoms with Gasteiger partial charge in [0.05, 0.1) is 17.6 Å². The zero-order valence-electron chi connectivity index (χ0n) is 13.7. The normalized spacial score (nSPS) is 34.3. The highest BCUT2D eigenvalue weighted by molar-refractivity contribution is 5.76. The molecule has 0 spiro atoms. The molecule has 0 aromatic heterocycles. The summed E-state index contributed by atoms with van der Waals surface area (Å²) in [5, 5.41) is 10.8. The van der Waals surface area contributed by atoms with Gasteiger partial charge in [0.15, 0.2) is 0 Å². The summed E-state index contributed by atoms with van der Waals surface area (Å²) in [6.07, 6.45) is 7.38. The summed E-state index contributed by atoms with van der Waals surface area (Å²) in [5.41, 5.74) is 4.52. The van der Waals surface area contributed by atoms with Crippen LogP contribution in [0.25, 0.3) is 0 Å². The van der Waals surface area contributed by atoms with Crippen LogP contribution in [-0.4, -0.2) is 29.3 Å². The van der Waals surface area contributed by atoms with Crippen LogP contribution in [0.1, 0.15) is 65.7 Å². The van der Waals surface area contributed by atoms with Crippen molar-refractivity contribution in [3.05, 3.63) is 0 Å². The van der Waals surface area contributed by atoms with Crippen LogP contribution in [0.5, 0.6) is 0 Å². The standard InChI is InChI=1S/C17H31NO3/c1-12(18)16(2,3)15(19)21-8-7-17(20)10-13-5-4-6-14(9-13)11-17/h12-14,20H,4-11,18H2,1-3H3. The lowest BCUT2D eigenvalue weighted by Gasteiger charge is -2.44. The van der Waals surface area contributed by atoms with Crippen LogP contribution in [0.2, 0.25) is 0 Å². The third-order valence-corrected chi connectivity index (χ3v) is 5.69. The summed E-state index contributed by atoms with van der Waals surface area (Å²) in [6.45, 7) is 5.72. The number of hydrogen-bond acceptors (Lipinski definition) is 4. The zero-order chi connectivity index (χ0) is 15.7. The second kappa shape index (κ2) is 6.25. The van der Waals surface area contributed by atoms with Crippen LogP contribution in [0.15, 0.2) is 0 Å². The third kappa shape index (κ3) is 3.98. The van der Waals surface area contributed by atoms with Gasteiger partial charge < -0.3 is 15.6 Å². The molecule has 21 heavy (non-hydrogen) atoms. The number of hydrogen-bond donors (Lipinski definition) is 2. The molecule has 0 radical (unpaired) electrons. The quantitative estimate of drug-likeness (QED) is 0.765. The molecule has 0 aromatic carbocycles. The van der Waals surface area contributed by atoms with Crippen molar-refractivity contribution in [2.24, 2.45) is 23.0 Å². The molecule has 3 atom stereocenters. The molecule has 0 aliphatic heterocycles. The molecule has 2 aliphatic carbocycles. The van der Waals surface area contributed by atoms with Crippen molar-refractivity contribution < 1.29 is 14.6 Å². The van der Waals surface area contributed by atoms with Gasteiger partial charge in [-0.15, -0.1) is 0 Å². The minimum absolute atomic E-state index is 0.248. The smallest absolute Gasteiger partial charge is 0.313 e. The topological polar surface area (TPSA) is 72.6 Å². The fourth-order valence-corrected chi connectivity index (χ4v) is 3.84. The Kier molecular flexibility index (Phi) is 4.99. The first-order chi connectivity index (χ1) is 9.73. The van der Waals surface area contributed by atoms with Gasteiger partial charge in [0.25, 0.3) is 0 Å². The van der Waals surface area contributed by atoms with E-state index < -0.39 is 11.0 Å². The number of nitrogens with two attached hydrogens (primary N) is 1. The number of fused-ring (bicyclic) bond motifs is 2. The first kappa shape index (κ1) is 16.8. The second-order valence-corrected chi connectivity index (χ2v) is 7.93. The molecule has 2 rings (SSSR count). The predicted octanol–water partition coefficient (Wildman–Crippen LogP) is 2.62. The van der Waals surface area contributed by atoms with Crippen LogP contribution in [-0.2, 0) is 9.53 Å². The lowest BCUT2D eigenvalue weighted by Crippen LogP contribution is -2.44. The predicted molar refractivity (Wildman–Crippen MR) is 82.6 cm³/mol. The average Bonchev–Trinajstić information content (AvgIpc) is 2.37. The van der Waals surface area contributed by atoms with Gasteiger partial charge >= 0.3 is 5.97 Å². The van der Waals surface area contributed by atoms with E-state index >= 15 is 0 Å². The van der Waals surface area contributed by atoms with Crippen molar-refractivity contribution in [3.63, 3.8) is 0 Å². The molecule has 0 heterocycles. The van der Waals surface area contributed by atoms with Gasteiger partial charge in [0, 0.05) is 12.5 Å². The van der Waals surface area contributed by atoms with Crippen molar-refractivity contribution in [1.82, 2.24) is 0 Å². The molecule has 0 amide bonds. The van der Waals surface area contributed by atoms with Gasteiger partial charge in [-0.2, -0.15) is 0 Å². The number of ether oxygens (including phenoxy) is 1. The molecule has 3 N–H and O–H groups in total. The third-order valence-electron chi connectivity index (χ3n) is 5.69. The molecular weight excluding hydrogens is 266 g/mol. The number of esters is 1. The van der Waals surface area contributed by atoms with E-state index in [2.05, 4.69) is 0 Å². The summed E-state index contributed by atoms with van der Waals surface area (Å²) in [4.78, 5) is 12.1. The largest absolute Gasteiger partial charge is 0.465 e. The van der Waals surface area contributed by atoms with E-state index in [0.29, 0.717) is 24.9 Å². The summed E-state index contributed by atoms with van der Waals surface area (Å²) >= 11 is 0. The Balaban J connectivity index is 1.81. The monoisotopic (exact) mass is 297 g/mol. The van der Waals surface area contributed by atoms with Crippen molar-refractivity contribution in [3.8, 4) is 0 Å². The lowest BCUT2D eigenvalue weighted by molar-refractivity contribution is -0.157. The van der Waals surface area contributed by atoms with Crippen molar-refractivity contribution in [1.29, 1.82) is 0 Å². The average molecular weight is 297 g/mol. The first-order valence-electron chi connectivity index (χ1n) is 8.38. The zero-order valence-corrected chi connectivity index (χ0v) is 13.7. The van der Waals surface area contributed by atoms with E-state index in [1.165, 1.54) is 25.7 Å². The Bertz CT molecular complexity index is 366. The van der Waals surface area contributed by atoms with Gasteiger partial charge in [-0.05, 0) is 51.9 Å². The Morgan fingerprint density at radius 1 is 1.38 bits per heavy atom. The van der Waals surface area contributed by atoms with Crippen LogP contribution in [0.4, 0.5) is 0 Å². The summed E-state index contributed by atoms with van der Waals surface area (Å²) in [6, 6.07) is -0.248. The first-order valence-corrected chi connectivity index (χ1v) is 8.38. The highest BCUT2D eigenvalue weighted by Crippen LogP contribution is 2.45. The highest BCUT2D eigenvalue weighted by Gasteiger charge is 2.41. The fourth-order valence-electron chi connectivity index (χ4n) is 3.84. The number of aliphatic hydroxyl groups is 1. The number of carbonyl (C=O) groups excluding carboxylic acids is 1. The van der Waals surface area contributed by atoms with Gasteiger partial charge in [0.1, 0.15) is 0 Å². The van der Waals surface area contributed by atoms with Gasteiger partial charge in [-0.1, -0.05) is 19.3 Å². The lowest BCUT2D eigenvalue weighted by atomic mass is 9.65. The van der Waals surface area contributed by atoms with Gasteiger partial charge in [-0.3, -0.25) is 4.79 Å². The molecule has 4 heteroatoms. The highest BCUT2D eigenvalue weighted by atomic mass is 16.5. The molecule has 122 valence electrons. The van der Waals surface area contributed by atoms with Crippen LogP contribution >= 0.6 is 0 Å². The Morgan fingerprint density at radius 2 is 1.95 bits per heavy atom. The molecule has 2 bridgehead atoms. The Morgan fingerprint density at radius 3 is 2.48 bits per heavy atom. The van der Waals surface area contributed by atoms with E-state index in [9.17, 15) is 9.90 Å².